The molecule has 0 unspecified atom stereocenters. The number of fused-ring (bicyclic) bond motifs is 1. The first-order chi connectivity index (χ1) is 11.2. The lowest BCUT2D eigenvalue weighted by molar-refractivity contribution is 1.04. The predicted molar refractivity (Wildman–Crippen MR) is 101 cm³/mol. The van der Waals surface area contributed by atoms with Gasteiger partial charge in [-0.3, -0.25) is 0 Å². The summed E-state index contributed by atoms with van der Waals surface area (Å²) in [6.45, 7) is 7.48. The van der Waals surface area contributed by atoms with Gasteiger partial charge in [-0.1, -0.05) is 62.4 Å². The van der Waals surface area contributed by atoms with Gasteiger partial charge in [0.2, 0.25) is 0 Å². The van der Waals surface area contributed by atoms with Crippen LogP contribution in [0.2, 0.25) is 0 Å². The van der Waals surface area contributed by atoms with Crippen molar-refractivity contribution in [2.75, 3.05) is 5.32 Å². The second kappa shape index (κ2) is 6.87. The lowest BCUT2D eigenvalue weighted by atomic mass is 9.97. The summed E-state index contributed by atoms with van der Waals surface area (Å²) >= 11 is 0. The van der Waals surface area contributed by atoms with E-state index in [0.29, 0.717) is 0 Å². The average molecular weight is 303 g/mol. The minimum atomic E-state index is 0.876. The molecule has 0 bridgehead atoms. The van der Waals surface area contributed by atoms with Gasteiger partial charge in [0.15, 0.2) is 0 Å². The molecular weight excluding hydrogens is 278 g/mol. The molecule has 0 aromatic heterocycles. The Kier molecular flexibility index (Phi) is 4.66. The van der Waals surface area contributed by atoms with E-state index in [1.54, 1.807) is 0 Å². The van der Waals surface area contributed by atoms with E-state index < -0.39 is 0 Å². The molecule has 1 nitrogen and oxygen atoms in total. The van der Waals surface area contributed by atoms with Crippen LogP contribution >= 0.6 is 0 Å². The Morgan fingerprint density at radius 3 is 2.35 bits per heavy atom. The number of hydrogen-bond acceptors (Lipinski definition) is 1. The molecule has 0 saturated carbocycles. The molecule has 0 amide bonds. The van der Waals surface area contributed by atoms with Crippen molar-refractivity contribution >= 4 is 16.5 Å². The predicted octanol–water partition coefficient (Wildman–Crippen LogP) is 5.89. The van der Waals surface area contributed by atoms with Crippen molar-refractivity contribution in [3.8, 4) is 0 Å². The maximum Gasteiger partial charge on any atom is 0.0409 e. The summed E-state index contributed by atoms with van der Waals surface area (Å²) < 4.78 is 0. The van der Waals surface area contributed by atoms with E-state index in [0.717, 1.165) is 19.4 Å². The van der Waals surface area contributed by atoms with Crippen molar-refractivity contribution in [3.05, 3.63) is 76.9 Å². The molecule has 23 heavy (non-hydrogen) atoms. The van der Waals surface area contributed by atoms with Gasteiger partial charge in [-0.15, -0.1) is 0 Å². The van der Waals surface area contributed by atoms with Gasteiger partial charge in [0, 0.05) is 12.2 Å². The number of benzene rings is 3. The SMILES string of the molecule is CCc1ccc(C)cc1NCc1c(CC)ccc2ccccc12. The Balaban J connectivity index is 1.97. The van der Waals surface area contributed by atoms with Gasteiger partial charge in [-0.2, -0.15) is 0 Å². The molecule has 3 aromatic rings. The molecular formula is C22H25N. The Morgan fingerprint density at radius 1 is 0.826 bits per heavy atom. The van der Waals surface area contributed by atoms with Crippen LogP contribution in [-0.4, -0.2) is 0 Å². The van der Waals surface area contributed by atoms with E-state index in [9.17, 15) is 0 Å². The van der Waals surface area contributed by atoms with Crippen LogP contribution in [0.15, 0.2) is 54.6 Å². The zero-order valence-electron chi connectivity index (χ0n) is 14.3. The lowest BCUT2D eigenvalue weighted by Gasteiger charge is -2.16. The van der Waals surface area contributed by atoms with Crippen molar-refractivity contribution in [3.63, 3.8) is 0 Å². The van der Waals surface area contributed by atoms with Gasteiger partial charge >= 0.3 is 0 Å². The van der Waals surface area contributed by atoms with Gasteiger partial charge in [-0.05, 0) is 58.9 Å². The van der Waals surface area contributed by atoms with E-state index in [1.807, 2.05) is 0 Å². The van der Waals surface area contributed by atoms with Gasteiger partial charge in [-0.25, -0.2) is 0 Å². The molecule has 0 spiro atoms. The van der Waals surface area contributed by atoms with Gasteiger partial charge in [0.1, 0.15) is 0 Å². The Labute approximate surface area is 139 Å². The Hall–Kier alpha value is -2.28. The van der Waals surface area contributed by atoms with Crippen molar-refractivity contribution in [2.24, 2.45) is 0 Å². The third kappa shape index (κ3) is 3.24. The topological polar surface area (TPSA) is 12.0 Å². The summed E-state index contributed by atoms with van der Waals surface area (Å²) in [5.74, 6) is 0. The fraction of sp³-hybridized carbons (Fsp3) is 0.273. The minimum absolute atomic E-state index is 0.876. The summed E-state index contributed by atoms with van der Waals surface area (Å²) in [5.41, 5.74) is 6.81. The number of hydrogen-bond donors (Lipinski definition) is 1. The van der Waals surface area contributed by atoms with Crippen molar-refractivity contribution in [2.45, 2.75) is 40.2 Å². The highest BCUT2D eigenvalue weighted by Gasteiger charge is 2.08. The molecule has 3 rings (SSSR count). The van der Waals surface area contributed by atoms with E-state index in [1.165, 1.54) is 38.7 Å². The average Bonchev–Trinajstić information content (AvgIpc) is 2.59. The van der Waals surface area contributed by atoms with Crippen LogP contribution in [0.5, 0.6) is 0 Å². The molecule has 0 saturated heterocycles. The van der Waals surface area contributed by atoms with Crippen molar-refractivity contribution < 1.29 is 0 Å². The molecule has 0 aliphatic carbocycles. The molecule has 1 N–H and O–H groups in total. The summed E-state index contributed by atoms with van der Waals surface area (Å²) in [4.78, 5) is 0. The smallest absolute Gasteiger partial charge is 0.0409 e. The molecule has 118 valence electrons. The van der Waals surface area contributed by atoms with Crippen LogP contribution in [0.4, 0.5) is 5.69 Å². The van der Waals surface area contributed by atoms with Crippen LogP contribution in [0, 0.1) is 6.92 Å². The van der Waals surface area contributed by atoms with Gasteiger partial charge < -0.3 is 5.32 Å². The molecule has 0 fully saturated rings. The zero-order chi connectivity index (χ0) is 16.2. The quantitative estimate of drug-likeness (QED) is 0.620. The van der Waals surface area contributed by atoms with E-state index in [4.69, 9.17) is 0 Å². The molecule has 0 heterocycles. The van der Waals surface area contributed by atoms with Crippen LogP contribution in [0.25, 0.3) is 10.8 Å². The van der Waals surface area contributed by atoms with Crippen LogP contribution in [0.3, 0.4) is 0 Å². The Bertz CT molecular complexity index is 817. The second-order valence-electron chi connectivity index (χ2n) is 6.15. The number of rotatable bonds is 5. The molecule has 0 aliphatic rings. The minimum Gasteiger partial charge on any atom is -0.381 e. The van der Waals surface area contributed by atoms with E-state index in [-0.39, 0.29) is 0 Å². The second-order valence-corrected chi connectivity index (χ2v) is 6.15. The normalized spacial score (nSPS) is 10.9. The highest BCUT2D eigenvalue weighted by molar-refractivity contribution is 5.87. The zero-order valence-corrected chi connectivity index (χ0v) is 14.3. The van der Waals surface area contributed by atoms with Gasteiger partial charge in [0.05, 0.1) is 0 Å². The highest BCUT2D eigenvalue weighted by atomic mass is 14.9. The summed E-state index contributed by atoms with van der Waals surface area (Å²) in [6, 6.07) is 19.9. The van der Waals surface area contributed by atoms with Crippen molar-refractivity contribution in [1.29, 1.82) is 0 Å². The maximum absolute atomic E-state index is 3.69. The molecule has 3 aromatic carbocycles. The summed E-state index contributed by atoms with van der Waals surface area (Å²) in [5, 5.41) is 6.37. The fourth-order valence-corrected chi connectivity index (χ4v) is 3.27. The molecule has 0 aliphatic heterocycles. The third-order valence-electron chi connectivity index (χ3n) is 4.62. The number of nitrogens with one attached hydrogen (secondary N) is 1. The third-order valence-corrected chi connectivity index (χ3v) is 4.62. The van der Waals surface area contributed by atoms with Crippen LogP contribution in [-0.2, 0) is 19.4 Å². The standard InChI is InChI=1S/C22H25N/c1-4-17-12-13-19-8-6-7-9-20(19)21(17)15-23-22-14-16(3)10-11-18(22)5-2/h6-14,23H,4-5,15H2,1-3H3. The largest absolute Gasteiger partial charge is 0.381 e. The summed E-state index contributed by atoms with van der Waals surface area (Å²) in [6.07, 6.45) is 2.12. The lowest BCUT2D eigenvalue weighted by Crippen LogP contribution is -2.05. The molecule has 0 atom stereocenters. The maximum atomic E-state index is 3.69. The first-order valence-electron chi connectivity index (χ1n) is 8.55. The molecule has 0 radical (unpaired) electrons. The summed E-state index contributed by atoms with van der Waals surface area (Å²) in [7, 11) is 0. The molecule has 1 heteroatoms. The fourth-order valence-electron chi connectivity index (χ4n) is 3.27. The first kappa shape index (κ1) is 15.6. The van der Waals surface area contributed by atoms with Crippen LogP contribution in [0.1, 0.15) is 36.1 Å². The monoisotopic (exact) mass is 303 g/mol. The van der Waals surface area contributed by atoms with Crippen LogP contribution < -0.4 is 5.32 Å². The highest BCUT2D eigenvalue weighted by Crippen LogP contribution is 2.25. The van der Waals surface area contributed by atoms with Crippen molar-refractivity contribution in [1.82, 2.24) is 0 Å². The van der Waals surface area contributed by atoms with E-state index >= 15 is 0 Å². The number of anilines is 1. The first-order valence-corrected chi connectivity index (χ1v) is 8.55. The Morgan fingerprint density at radius 2 is 1.57 bits per heavy atom. The number of aryl methyl sites for hydroxylation is 3. The van der Waals surface area contributed by atoms with E-state index in [2.05, 4.69) is 80.7 Å². The van der Waals surface area contributed by atoms with Gasteiger partial charge in [0.25, 0.3) is 0 Å².